The van der Waals surface area contributed by atoms with Gasteiger partial charge in [-0.05, 0) is 24.8 Å². The van der Waals surface area contributed by atoms with E-state index in [2.05, 4.69) is 55.2 Å². The van der Waals surface area contributed by atoms with Crippen LogP contribution in [0.1, 0.15) is 69.8 Å². The van der Waals surface area contributed by atoms with Crippen LogP contribution in [0.25, 0.3) is 0 Å². The van der Waals surface area contributed by atoms with Gasteiger partial charge in [-0.1, -0.05) is 62.7 Å². The molecular weight excluding hydrogens is 262 g/mol. The number of aromatic nitrogens is 2. The molecular formula is C17H25N3O. The quantitative estimate of drug-likeness (QED) is 0.836. The van der Waals surface area contributed by atoms with Crippen LogP contribution < -0.4 is 5.73 Å². The van der Waals surface area contributed by atoms with E-state index in [-0.39, 0.29) is 11.5 Å². The zero-order valence-corrected chi connectivity index (χ0v) is 13.2. The molecule has 2 aromatic rings. The molecule has 0 unspecified atom stereocenters. The molecule has 1 aromatic carbocycles. The van der Waals surface area contributed by atoms with Gasteiger partial charge >= 0.3 is 0 Å². The molecule has 0 spiro atoms. The van der Waals surface area contributed by atoms with Crippen LogP contribution in [-0.2, 0) is 5.41 Å². The van der Waals surface area contributed by atoms with E-state index in [1.807, 2.05) is 6.07 Å². The van der Waals surface area contributed by atoms with Crippen LogP contribution >= 0.6 is 0 Å². The fourth-order valence-electron chi connectivity index (χ4n) is 2.88. The van der Waals surface area contributed by atoms with Gasteiger partial charge in [-0.25, -0.2) is 0 Å². The minimum absolute atomic E-state index is 0.168. The zero-order chi connectivity index (χ0) is 15.3. The third-order valence-electron chi connectivity index (χ3n) is 4.32. The van der Waals surface area contributed by atoms with Crippen molar-refractivity contribution in [2.24, 2.45) is 5.73 Å². The third kappa shape index (κ3) is 3.00. The number of nitrogens with two attached hydrogens (primary N) is 1. The molecule has 0 aliphatic carbocycles. The molecule has 0 bridgehead atoms. The van der Waals surface area contributed by atoms with E-state index >= 15 is 0 Å². The zero-order valence-electron chi connectivity index (χ0n) is 13.2. The van der Waals surface area contributed by atoms with Gasteiger partial charge in [0.05, 0.1) is 11.5 Å². The molecule has 0 amide bonds. The minimum Gasteiger partial charge on any atom is -0.338 e. The SMILES string of the molecule is CCC[C@H](N)c1nc(C(CC)(CC)c2ccccc2)no1. The monoisotopic (exact) mass is 287 g/mol. The van der Waals surface area contributed by atoms with Crippen LogP contribution in [0.2, 0.25) is 0 Å². The Hall–Kier alpha value is -1.68. The smallest absolute Gasteiger partial charge is 0.243 e. The Morgan fingerprint density at radius 2 is 1.81 bits per heavy atom. The van der Waals surface area contributed by atoms with E-state index in [9.17, 15) is 0 Å². The van der Waals surface area contributed by atoms with Crippen molar-refractivity contribution in [1.29, 1.82) is 0 Å². The molecule has 0 aliphatic heterocycles. The van der Waals surface area contributed by atoms with Crippen LogP contribution in [0.15, 0.2) is 34.9 Å². The highest BCUT2D eigenvalue weighted by Gasteiger charge is 2.36. The topological polar surface area (TPSA) is 64.9 Å². The normalized spacial score (nSPS) is 13.3. The van der Waals surface area contributed by atoms with Crippen LogP contribution in [0.4, 0.5) is 0 Å². The molecule has 4 heteroatoms. The molecule has 0 saturated carbocycles. The summed E-state index contributed by atoms with van der Waals surface area (Å²) in [5.74, 6) is 1.30. The summed E-state index contributed by atoms with van der Waals surface area (Å²) in [7, 11) is 0. The highest BCUT2D eigenvalue weighted by Crippen LogP contribution is 2.37. The van der Waals surface area contributed by atoms with Gasteiger partial charge in [-0.3, -0.25) is 0 Å². The Bertz CT molecular complexity index is 546. The first-order chi connectivity index (χ1) is 10.2. The number of benzene rings is 1. The Morgan fingerprint density at radius 3 is 2.38 bits per heavy atom. The molecule has 21 heavy (non-hydrogen) atoms. The third-order valence-corrected chi connectivity index (χ3v) is 4.32. The molecule has 0 fully saturated rings. The van der Waals surface area contributed by atoms with Crippen molar-refractivity contribution in [1.82, 2.24) is 10.1 Å². The standard InChI is InChI=1S/C17H25N3O/c1-4-10-14(18)15-19-16(20-21-15)17(5-2,6-3)13-11-8-7-9-12-13/h7-9,11-12,14H,4-6,10,18H2,1-3H3/t14-/m0/s1. The van der Waals surface area contributed by atoms with Crippen molar-refractivity contribution in [2.45, 2.75) is 57.9 Å². The lowest BCUT2D eigenvalue weighted by atomic mass is 9.75. The summed E-state index contributed by atoms with van der Waals surface area (Å²) in [6.07, 6.45) is 3.72. The lowest BCUT2D eigenvalue weighted by Gasteiger charge is -2.28. The Balaban J connectivity index is 2.40. The van der Waals surface area contributed by atoms with Gasteiger partial charge in [0, 0.05) is 0 Å². The summed E-state index contributed by atoms with van der Waals surface area (Å²) in [5, 5.41) is 4.24. The number of rotatable bonds is 7. The second-order valence-electron chi connectivity index (χ2n) is 5.51. The predicted molar refractivity (Wildman–Crippen MR) is 83.9 cm³/mol. The first kappa shape index (κ1) is 15.7. The average molecular weight is 287 g/mol. The first-order valence-electron chi connectivity index (χ1n) is 7.83. The number of hydrogen-bond acceptors (Lipinski definition) is 4. The molecule has 1 heterocycles. The van der Waals surface area contributed by atoms with Gasteiger partial charge in [0.25, 0.3) is 0 Å². The van der Waals surface area contributed by atoms with E-state index in [1.54, 1.807) is 0 Å². The van der Waals surface area contributed by atoms with Gasteiger partial charge in [-0.15, -0.1) is 0 Å². The van der Waals surface area contributed by atoms with Crippen LogP contribution in [-0.4, -0.2) is 10.1 Å². The summed E-state index contributed by atoms with van der Waals surface area (Å²) >= 11 is 0. The summed E-state index contributed by atoms with van der Waals surface area (Å²) in [6.45, 7) is 6.43. The molecule has 2 N–H and O–H groups in total. The van der Waals surface area contributed by atoms with Crippen LogP contribution in [0.5, 0.6) is 0 Å². The summed E-state index contributed by atoms with van der Waals surface area (Å²) < 4.78 is 5.42. The van der Waals surface area contributed by atoms with Crippen molar-refractivity contribution in [3.8, 4) is 0 Å². The average Bonchev–Trinajstić information content (AvgIpc) is 3.01. The Morgan fingerprint density at radius 1 is 1.14 bits per heavy atom. The summed E-state index contributed by atoms with van der Waals surface area (Å²) in [5.41, 5.74) is 7.12. The van der Waals surface area contributed by atoms with E-state index in [4.69, 9.17) is 10.3 Å². The van der Waals surface area contributed by atoms with Crippen molar-refractivity contribution < 1.29 is 4.52 Å². The number of hydrogen-bond donors (Lipinski definition) is 1. The van der Waals surface area contributed by atoms with Crippen molar-refractivity contribution in [3.05, 3.63) is 47.6 Å². The second kappa shape index (κ2) is 6.85. The Kier molecular flexibility index (Phi) is 5.12. The van der Waals surface area contributed by atoms with Gasteiger partial charge in [-0.2, -0.15) is 4.98 Å². The van der Waals surface area contributed by atoms with Crippen LogP contribution in [0.3, 0.4) is 0 Å². The maximum atomic E-state index is 6.09. The first-order valence-corrected chi connectivity index (χ1v) is 7.83. The van der Waals surface area contributed by atoms with Gasteiger partial charge in [0.2, 0.25) is 5.89 Å². The molecule has 0 radical (unpaired) electrons. The van der Waals surface area contributed by atoms with E-state index in [0.717, 1.165) is 31.5 Å². The summed E-state index contributed by atoms with van der Waals surface area (Å²) in [4.78, 5) is 4.62. The maximum absolute atomic E-state index is 6.09. The Labute approximate surface area is 126 Å². The van der Waals surface area contributed by atoms with Crippen molar-refractivity contribution >= 4 is 0 Å². The van der Waals surface area contributed by atoms with Crippen molar-refractivity contribution in [2.75, 3.05) is 0 Å². The fourth-order valence-corrected chi connectivity index (χ4v) is 2.88. The minimum atomic E-state index is -0.199. The molecule has 0 saturated heterocycles. The maximum Gasteiger partial charge on any atom is 0.243 e. The highest BCUT2D eigenvalue weighted by atomic mass is 16.5. The second-order valence-corrected chi connectivity index (χ2v) is 5.51. The van der Waals surface area contributed by atoms with Crippen molar-refractivity contribution in [3.63, 3.8) is 0 Å². The van der Waals surface area contributed by atoms with E-state index in [0.29, 0.717) is 5.89 Å². The molecule has 2 rings (SSSR count). The molecule has 1 atom stereocenters. The summed E-state index contributed by atoms with van der Waals surface area (Å²) in [6, 6.07) is 10.2. The largest absolute Gasteiger partial charge is 0.338 e. The van der Waals surface area contributed by atoms with E-state index in [1.165, 1.54) is 5.56 Å². The van der Waals surface area contributed by atoms with Gasteiger partial charge < -0.3 is 10.3 Å². The molecule has 0 aliphatic rings. The predicted octanol–water partition coefficient (Wildman–Crippen LogP) is 3.98. The highest BCUT2D eigenvalue weighted by molar-refractivity contribution is 5.32. The van der Waals surface area contributed by atoms with Gasteiger partial charge in [0.15, 0.2) is 5.82 Å². The molecule has 114 valence electrons. The lowest BCUT2D eigenvalue weighted by Crippen LogP contribution is -2.27. The molecule has 4 nitrogen and oxygen atoms in total. The lowest BCUT2D eigenvalue weighted by molar-refractivity contribution is 0.333. The number of nitrogens with zero attached hydrogens (tertiary/aromatic N) is 2. The van der Waals surface area contributed by atoms with Gasteiger partial charge in [0.1, 0.15) is 0 Å². The van der Waals surface area contributed by atoms with E-state index < -0.39 is 0 Å². The molecule has 1 aromatic heterocycles. The van der Waals surface area contributed by atoms with Crippen LogP contribution in [0, 0.1) is 0 Å². The fraction of sp³-hybridized carbons (Fsp3) is 0.529.